The maximum Gasteiger partial charge on any atom is 0.340 e. The highest BCUT2D eigenvalue weighted by Crippen LogP contribution is 2.57. The number of benzene rings is 4. The van der Waals surface area contributed by atoms with Crippen LogP contribution in [0.15, 0.2) is 66.7 Å². The van der Waals surface area contributed by atoms with Crippen molar-refractivity contribution < 1.29 is 42.4 Å². The molecule has 0 fully saturated rings. The molecule has 0 atom stereocenters. The van der Waals surface area contributed by atoms with Crippen molar-refractivity contribution in [2.45, 2.75) is 5.60 Å². The van der Waals surface area contributed by atoms with E-state index >= 15 is 0 Å². The lowest BCUT2D eigenvalue weighted by Crippen LogP contribution is -2.32. The van der Waals surface area contributed by atoms with Gasteiger partial charge in [-0.25, -0.2) is 18.0 Å². The van der Waals surface area contributed by atoms with E-state index in [9.17, 15) is 33.0 Å². The van der Waals surface area contributed by atoms with Crippen molar-refractivity contribution in [3.05, 3.63) is 112 Å². The van der Waals surface area contributed by atoms with Gasteiger partial charge in [-0.15, -0.1) is 0 Å². The summed E-state index contributed by atoms with van der Waals surface area (Å²) in [7, 11) is 0. The van der Waals surface area contributed by atoms with E-state index in [4.69, 9.17) is 9.47 Å². The Labute approximate surface area is 206 Å². The number of hydrogen-bond acceptors (Lipinski definition) is 6. The summed E-state index contributed by atoms with van der Waals surface area (Å²) in [5.74, 6) is -6.15. The number of ether oxygens (including phenoxy) is 2. The Balaban J connectivity index is 1.45. The zero-order valence-electron chi connectivity index (χ0n) is 18.5. The second-order valence-electron chi connectivity index (χ2n) is 8.50. The van der Waals surface area contributed by atoms with Crippen LogP contribution in [0.4, 0.5) is 18.9 Å². The van der Waals surface area contributed by atoms with E-state index in [-0.39, 0.29) is 34.2 Å². The summed E-state index contributed by atoms with van der Waals surface area (Å²) in [6.07, 6.45) is 0. The number of carbonyl (C=O) groups is 2. The minimum Gasteiger partial charge on any atom is -0.508 e. The van der Waals surface area contributed by atoms with Crippen LogP contribution < -0.4 is 10.1 Å². The number of esters is 1. The Morgan fingerprint density at radius 2 is 1.35 bits per heavy atom. The highest BCUT2D eigenvalue weighted by atomic mass is 19.2. The number of phenolic OH excluding ortho intramolecular Hbond substituents is 2. The van der Waals surface area contributed by atoms with Crippen LogP contribution >= 0.6 is 0 Å². The van der Waals surface area contributed by atoms with Gasteiger partial charge in [-0.3, -0.25) is 4.79 Å². The first-order valence-electron chi connectivity index (χ1n) is 10.9. The first-order chi connectivity index (χ1) is 17.7. The van der Waals surface area contributed by atoms with Gasteiger partial charge in [-0.05, 0) is 48.5 Å². The summed E-state index contributed by atoms with van der Waals surface area (Å²) >= 11 is 0. The second kappa shape index (κ2) is 7.76. The summed E-state index contributed by atoms with van der Waals surface area (Å²) in [5.41, 5.74) is -0.489. The normalized spacial score (nSPS) is 14.3. The summed E-state index contributed by atoms with van der Waals surface area (Å²) in [6.45, 7) is 0. The SMILES string of the molecule is O=C(Nc1ccc2c(c1)C(=O)OC21c2ccc(O)cc2Oc2cc(O)ccc21)c1cc(F)c(F)c(F)c1. The number of amides is 1. The molecule has 0 bridgehead atoms. The van der Waals surface area contributed by atoms with Gasteiger partial charge in [0.05, 0.1) is 5.56 Å². The van der Waals surface area contributed by atoms with Crippen molar-refractivity contribution in [2.24, 2.45) is 0 Å². The van der Waals surface area contributed by atoms with Crippen LogP contribution in [0.2, 0.25) is 0 Å². The quantitative estimate of drug-likeness (QED) is 0.251. The number of halogens is 3. The molecule has 2 heterocycles. The first-order valence-corrected chi connectivity index (χ1v) is 10.9. The van der Waals surface area contributed by atoms with E-state index in [1.165, 1.54) is 36.4 Å². The Hall–Kier alpha value is -4.99. The van der Waals surface area contributed by atoms with Crippen molar-refractivity contribution in [3.8, 4) is 23.0 Å². The largest absolute Gasteiger partial charge is 0.508 e. The Morgan fingerprint density at radius 3 is 1.95 bits per heavy atom. The third-order valence-electron chi connectivity index (χ3n) is 6.28. The summed E-state index contributed by atoms with van der Waals surface area (Å²) in [4.78, 5) is 25.7. The lowest BCUT2D eigenvalue weighted by molar-refractivity contribution is 0.0224. The van der Waals surface area contributed by atoms with Crippen molar-refractivity contribution in [3.63, 3.8) is 0 Å². The number of phenols is 2. The molecule has 4 aromatic carbocycles. The standard InChI is InChI=1S/C27H14F3NO6/c28-20-7-12(8-21(29)24(20)30)25(34)31-13-1-4-17-16(9-13)26(35)37-27(17)18-5-2-14(32)10-22(18)36-23-11-15(33)3-6-19(23)27/h1-11,32-33H,(H,31,34). The van der Waals surface area contributed by atoms with Crippen molar-refractivity contribution in [1.82, 2.24) is 0 Å². The van der Waals surface area contributed by atoms with Gasteiger partial charge in [0.2, 0.25) is 0 Å². The minimum absolute atomic E-state index is 0.0891. The molecule has 7 nitrogen and oxygen atoms in total. The Morgan fingerprint density at radius 1 is 0.784 bits per heavy atom. The number of anilines is 1. The van der Waals surface area contributed by atoms with Crippen LogP contribution in [0.1, 0.15) is 37.4 Å². The first kappa shape index (κ1) is 22.5. The number of hydrogen-bond donors (Lipinski definition) is 3. The number of fused-ring (bicyclic) bond motifs is 6. The molecular formula is C27H14F3NO6. The summed E-state index contributed by atoms with van der Waals surface area (Å²) in [6, 6.07) is 14.1. The van der Waals surface area contributed by atoms with Gasteiger partial charge in [0.25, 0.3) is 5.91 Å². The van der Waals surface area contributed by atoms with E-state index in [2.05, 4.69) is 5.32 Å². The molecule has 4 aromatic rings. The lowest BCUT2D eigenvalue weighted by Gasteiger charge is -2.36. The molecular weight excluding hydrogens is 491 g/mol. The fourth-order valence-corrected chi connectivity index (χ4v) is 4.67. The highest BCUT2D eigenvalue weighted by molar-refractivity contribution is 6.05. The molecule has 10 heteroatoms. The molecule has 0 radical (unpaired) electrons. The predicted octanol–water partition coefficient (Wildman–Crippen LogP) is 5.34. The summed E-state index contributed by atoms with van der Waals surface area (Å²) in [5, 5.41) is 22.4. The fourth-order valence-electron chi connectivity index (χ4n) is 4.67. The second-order valence-corrected chi connectivity index (χ2v) is 8.50. The Kier molecular flexibility index (Phi) is 4.71. The number of rotatable bonds is 2. The van der Waals surface area contributed by atoms with Crippen LogP contribution in [0.3, 0.4) is 0 Å². The molecule has 6 rings (SSSR count). The van der Waals surface area contributed by atoms with E-state index in [1.54, 1.807) is 18.2 Å². The van der Waals surface area contributed by atoms with Crippen molar-refractivity contribution in [2.75, 3.05) is 5.32 Å². The van der Waals surface area contributed by atoms with Gasteiger partial charge >= 0.3 is 5.97 Å². The van der Waals surface area contributed by atoms with Gasteiger partial charge in [-0.1, -0.05) is 6.07 Å². The topological polar surface area (TPSA) is 105 Å². The molecule has 3 N–H and O–H groups in total. The van der Waals surface area contributed by atoms with Crippen LogP contribution in [-0.4, -0.2) is 22.1 Å². The monoisotopic (exact) mass is 505 g/mol. The van der Waals surface area contributed by atoms with E-state index < -0.39 is 40.5 Å². The predicted molar refractivity (Wildman–Crippen MR) is 122 cm³/mol. The molecule has 1 spiro atoms. The van der Waals surface area contributed by atoms with Gasteiger partial charge in [-0.2, -0.15) is 0 Å². The summed E-state index contributed by atoms with van der Waals surface area (Å²) < 4.78 is 52.2. The Bertz CT molecular complexity index is 1590. The zero-order valence-corrected chi connectivity index (χ0v) is 18.5. The van der Waals surface area contributed by atoms with Crippen LogP contribution in [0, 0.1) is 17.5 Å². The van der Waals surface area contributed by atoms with Gasteiger partial charge in [0.1, 0.15) is 23.0 Å². The average Bonchev–Trinajstić information content (AvgIpc) is 3.14. The molecule has 2 aliphatic rings. The van der Waals surface area contributed by atoms with Gasteiger partial charge in [0.15, 0.2) is 23.1 Å². The smallest absolute Gasteiger partial charge is 0.340 e. The molecule has 0 saturated carbocycles. The maximum absolute atomic E-state index is 13.6. The van der Waals surface area contributed by atoms with Crippen molar-refractivity contribution >= 4 is 17.6 Å². The van der Waals surface area contributed by atoms with E-state index in [1.807, 2.05) is 0 Å². The molecule has 1 amide bonds. The number of aromatic hydroxyl groups is 2. The molecule has 0 aromatic heterocycles. The van der Waals surface area contributed by atoms with E-state index in [0.717, 1.165) is 0 Å². The van der Waals surface area contributed by atoms with Gasteiger partial charge in [0, 0.05) is 40.1 Å². The third kappa shape index (κ3) is 3.29. The van der Waals surface area contributed by atoms with Crippen LogP contribution in [0.25, 0.3) is 0 Å². The van der Waals surface area contributed by atoms with Crippen molar-refractivity contribution in [1.29, 1.82) is 0 Å². The van der Waals surface area contributed by atoms with Gasteiger partial charge < -0.3 is 25.0 Å². The minimum atomic E-state index is -1.69. The molecule has 0 aliphatic carbocycles. The molecule has 2 aliphatic heterocycles. The zero-order chi connectivity index (χ0) is 26.1. The lowest BCUT2D eigenvalue weighted by atomic mass is 9.77. The average molecular weight is 505 g/mol. The fraction of sp³-hybridized carbons (Fsp3) is 0.0370. The highest BCUT2D eigenvalue weighted by Gasteiger charge is 2.53. The number of carbonyl (C=O) groups excluding carboxylic acids is 2. The molecule has 0 saturated heterocycles. The molecule has 37 heavy (non-hydrogen) atoms. The number of nitrogens with one attached hydrogen (secondary N) is 1. The van der Waals surface area contributed by atoms with Crippen LogP contribution in [0.5, 0.6) is 23.0 Å². The van der Waals surface area contributed by atoms with Crippen LogP contribution in [-0.2, 0) is 10.3 Å². The molecule has 0 unspecified atom stereocenters. The third-order valence-corrected chi connectivity index (χ3v) is 6.28. The maximum atomic E-state index is 13.6. The molecule has 184 valence electrons. The van der Waals surface area contributed by atoms with E-state index in [0.29, 0.717) is 28.8 Å².